The summed E-state index contributed by atoms with van der Waals surface area (Å²) in [5, 5.41) is 8.95. The minimum atomic E-state index is -0.260. The van der Waals surface area contributed by atoms with Gasteiger partial charge in [0.1, 0.15) is 11.5 Å². The number of hydrogen-bond donors (Lipinski definition) is 3. The van der Waals surface area contributed by atoms with Crippen molar-refractivity contribution in [3.8, 4) is 11.3 Å². The van der Waals surface area contributed by atoms with Crippen LogP contribution in [-0.2, 0) is 11.3 Å². The molecule has 0 spiro atoms. The molecule has 1 aromatic heterocycles. The Balaban J connectivity index is 1.56. The highest BCUT2D eigenvalue weighted by molar-refractivity contribution is 9.10. The van der Waals surface area contributed by atoms with Crippen LogP contribution in [0.25, 0.3) is 11.3 Å². The maximum atomic E-state index is 12.2. The van der Waals surface area contributed by atoms with Gasteiger partial charge >= 0.3 is 0 Å². The van der Waals surface area contributed by atoms with E-state index in [0.29, 0.717) is 34.3 Å². The van der Waals surface area contributed by atoms with E-state index < -0.39 is 0 Å². The van der Waals surface area contributed by atoms with Crippen molar-refractivity contribution >= 4 is 45.0 Å². The maximum absolute atomic E-state index is 12.2. The summed E-state index contributed by atoms with van der Waals surface area (Å²) in [6, 6.07) is 16.0. The molecule has 0 aliphatic rings. The Labute approximate surface area is 181 Å². The summed E-state index contributed by atoms with van der Waals surface area (Å²) in [6.45, 7) is 0.446. The normalized spacial score (nSPS) is 10.6. The molecule has 2 amide bonds. The molecule has 1 heterocycles. The van der Waals surface area contributed by atoms with Crippen molar-refractivity contribution in [1.29, 1.82) is 0 Å². The van der Waals surface area contributed by atoms with Crippen LogP contribution in [0.15, 0.2) is 63.5 Å². The van der Waals surface area contributed by atoms with E-state index in [9.17, 15) is 9.59 Å². The summed E-state index contributed by atoms with van der Waals surface area (Å²) in [5.41, 5.74) is 1.73. The van der Waals surface area contributed by atoms with Gasteiger partial charge in [-0.1, -0.05) is 39.7 Å². The first-order valence-electron chi connectivity index (χ1n) is 8.83. The predicted octanol–water partition coefficient (Wildman–Crippen LogP) is 4.45. The summed E-state index contributed by atoms with van der Waals surface area (Å²) in [7, 11) is 1.54. The van der Waals surface area contributed by atoms with Gasteiger partial charge in [0.2, 0.25) is 5.91 Å². The van der Waals surface area contributed by atoms with Gasteiger partial charge in [-0.2, -0.15) is 0 Å². The first-order chi connectivity index (χ1) is 14.0. The molecule has 3 N–H and O–H groups in total. The molecule has 8 heteroatoms. The Morgan fingerprint density at radius 2 is 1.90 bits per heavy atom. The number of nitrogens with one attached hydrogen (secondary N) is 3. The van der Waals surface area contributed by atoms with Crippen molar-refractivity contribution < 1.29 is 14.0 Å². The fourth-order valence-electron chi connectivity index (χ4n) is 2.72. The van der Waals surface area contributed by atoms with Gasteiger partial charge < -0.3 is 20.4 Å². The van der Waals surface area contributed by atoms with E-state index in [-0.39, 0.29) is 18.4 Å². The lowest BCUT2D eigenvalue weighted by Crippen LogP contribution is -2.29. The molecule has 0 saturated carbocycles. The van der Waals surface area contributed by atoms with Gasteiger partial charge in [0.05, 0.1) is 24.3 Å². The van der Waals surface area contributed by atoms with Crippen LogP contribution in [0.3, 0.4) is 0 Å². The van der Waals surface area contributed by atoms with Crippen LogP contribution in [0.4, 0.5) is 5.69 Å². The number of anilines is 1. The Kier molecular flexibility index (Phi) is 7.09. The molecule has 0 aliphatic heterocycles. The molecular formula is C21H19BrClN3O3. The Morgan fingerprint density at radius 3 is 2.69 bits per heavy atom. The minimum absolute atomic E-state index is 0.0684. The quantitative estimate of drug-likeness (QED) is 0.470. The van der Waals surface area contributed by atoms with Gasteiger partial charge in [-0.05, 0) is 42.5 Å². The molecule has 29 heavy (non-hydrogen) atoms. The monoisotopic (exact) mass is 475 g/mol. The number of carbonyl (C=O) groups is 2. The molecule has 2 aromatic carbocycles. The Bertz CT molecular complexity index is 1040. The van der Waals surface area contributed by atoms with E-state index in [4.69, 9.17) is 16.0 Å². The second-order valence-corrected chi connectivity index (χ2v) is 7.46. The largest absolute Gasteiger partial charge is 0.460 e. The number of rotatable bonds is 7. The van der Waals surface area contributed by atoms with Gasteiger partial charge in [-0.15, -0.1) is 0 Å². The molecule has 3 rings (SSSR count). The highest BCUT2D eigenvalue weighted by atomic mass is 79.9. The van der Waals surface area contributed by atoms with Crippen LogP contribution in [0, 0.1) is 0 Å². The zero-order chi connectivity index (χ0) is 20.8. The number of hydrogen-bond acceptors (Lipinski definition) is 4. The molecule has 6 nitrogen and oxygen atoms in total. The van der Waals surface area contributed by atoms with Crippen LogP contribution in [0.2, 0.25) is 5.02 Å². The molecule has 0 radical (unpaired) electrons. The number of para-hydroxylation sites is 1. The van der Waals surface area contributed by atoms with E-state index in [2.05, 4.69) is 31.9 Å². The second-order valence-electron chi connectivity index (χ2n) is 6.17. The molecule has 0 atom stereocenters. The number of benzene rings is 2. The highest BCUT2D eigenvalue weighted by Gasteiger charge is 2.12. The third kappa shape index (κ3) is 5.47. The van der Waals surface area contributed by atoms with Crippen LogP contribution in [0.5, 0.6) is 0 Å². The first kappa shape index (κ1) is 21.1. The number of amides is 2. The van der Waals surface area contributed by atoms with E-state index in [1.165, 1.54) is 0 Å². The lowest BCUT2D eigenvalue weighted by atomic mass is 10.1. The van der Waals surface area contributed by atoms with Crippen molar-refractivity contribution in [1.82, 2.24) is 10.6 Å². The summed E-state index contributed by atoms with van der Waals surface area (Å²) >= 11 is 9.54. The van der Waals surface area contributed by atoms with Crippen molar-refractivity contribution in [3.63, 3.8) is 0 Å². The topological polar surface area (TPSA) is 83.4 Å². The predicted molar refractivity (Wildman–Crippen MR) is 117 cm³/mol. The number of halogens is 2. The fourth-order valence-corrected chi connectivity index (χ4v) is 3.34. The Morgan fingerprint density at radius 1 is 1.10 bits per heavy atom. The van der Waals surface area contributed by atoms with Gasteiger partial charge in [0.15, 0.2) is 0 Å². The molecule has 0 aliphatic carbocycles. The summed E-state index contributed by atoms with van der Waals surface area (Å²) < 4.78 is 6.71. The van der Waals surface area contributed by atoms with Crippen molar-refractivity contribution in [2.75, 3.05) is 18.9 Å². The van der Waals surface area contributed by atoms with Gasteiger partial charge in [0, 0.05) is 22.1 Å². The van der Waals surface area contributed by atoms with Crippen LogP contribution < -0.4 is 16.0 Å². The lowest BCUT2D eigenvalue weighted by Gasteiger charge is -2.10. The summed E-state index contributed by atoms with van der Waals surface area (Å²) in [4.78, 5) is 24.1. The summed E-state index contributed by atoms with van der Waals surface area (Å²) in [6.07, 6.45) is 0. The average molecular weight is 477 g/mol. The number of furan rings is 1. The van der Waals surface area contributed by atoms with Gasteiger partial charge in [0.25, 0.3) is 5.91 Å². The third-order valence-corrected chi connectivity index (χ3v) is 5.04. The van der Waals surface area contributed by atoms with Crippen molar-refractivity contribution in [3.05, 3.63) is 75.4 Å². The van der Waals surface area contributed by atoms with Crippen molar-refractivity contribution in [2.45, 2.75) is 6.54 Å². The van der Waals surface area contributed by atoms with Gasteiger partial charge in [-0.25, -0.2) is 0 Å². The zero-order valence-corrected chi connectivity index (χ0v) is 17.9. The average Bonchev–Trinajstić information content (AvgIpc) is 3.18. The molecule has 3 aromatic rings. The van der Waals surface area contributed by atoms with E-state index in [1.807, 2.05) is 24.3 Å². The smallest absolute Gasteiger partial charge is 0.253 e. The molecule has 0 bridgehead atoms. The molecular weight excluding hydrogens is 458 g/mol. The molecule has 150 valence electrons. The van der Waals surface area contributed by atoms with Crippen LogP contribution in [0.1, 0.15) is 16.1 Å². The van der Waals surface area contributed by atoms with E-state index in [1.54, 1.807) is 37.4 Å². The molecule has 0 saturated heterocycles. The molecule has 0 fully saturated rings. The minimum Gasteiger partial charge on any atom is -0.460 e. The Hall–Kier alpha value is -2.61. The fraction of sp³-hybridized carbons (Fsp3) is 0.143. The third-order valence-electron chi connectivity index (χ3n) is 4.11. The van der Waals surface area contributed by atoms with E-state index >= 15 is 0 Å². The lowest BCUT2D eigenvalue weighted by molar-refractivity contribution is -0.115. The standard InChI is InChI=1S/C21H19BrClN3O3/c1-24-21(28)15-4-2-3-5-18(15)26-20(27)12-25-11-14-7-9-19(29-14)16-10-13(23)6-8-17(16)22/h2-10,25H,11-12H2,1H3,(H,24,28)(H,26,27). The number of carbonyl (C=O) groups excluding carboxylic acids is 2. The highest BCUT2D eigenvalue weighted by Crippen LogP contribution is 2.32. The zero-order valence-electron chi connectivity index (χ0n) is 15.6. The summed E-state index contributed by atoms with van der Waals surface area (Å²) in [5.74, 6) is 0.848. The van der Waals surface area contributed by atoms with E-state index in [0.717, 1.165) is 10.0 Å². The molecule has 0 unspecified atom stereocenters. The van der Waals surface area contributed by atoms with Crippen LogP contribution in [-0.4, -0.2) is 25.4 Å². The first-order valence-corrected chi connectivity index (χ1v) is 10.0. The van der Waals surface area contributed by atoms with Gasteiger partial charge in [-0.3, -0.25) is 9.59 Å². The maximum Gasteiger partial charge on any atom is 0.253 e. The van der Waals surface area contributed by atoms with Crippen molar-refractivity contribution in [2.24, 2.45) is 0 Å². The SMILES string of the molecule is CNC(=O)c1ccccc1NC(=O)CNCc1ccc(-c2cc(Cl)ccc2Br)o1. The second kappa shape index (κ2) is 9.73. The van der Waals surface area contributed by atoms with Crippen LogP contribution >= 0.6 is 27.5 Å².